The molecule has 6 heteroatoms. The molecule has 0 bridgehead atoms. The van der Waals surface area contributed by atoms with E-state index in [0.717, 1.165) is 24.4 Å². The average Bonchev–Trinajstić information content (AvgIpc) is 2.91. The Bertz CT molecular complexity index is 733. The minimum absolute atomic E-state index is 0.418. The molecule has 0 atom stereocenters. The van der Waals surface area contributed by atoms with Crippen LogP contribution >= 0.6 is 0 Å². The smallest absolute Gasteiger partial charge is 0.183 e. The maximum Gasteiger partial charge on any atom is 0.183 e. The van der Waals surface area contributed by atoms with Crippen molar-refractivity contribution in [1.82, 2.24) is 25.3 Å². The quantitative estimate of drug-likeness (QED) is 0.664. The summed E-state index contributed by atoms with van der Waals surface area (Å²) in [5.41, 5.74) is 9.41. The molecular weight excluding hydrogens is 252 g/mol. The molecule has 4 N–H and O–H groups in total. The SMILES string of the molecule is CNCCc1ccccc1-c1nc2ncnc(N)c2[nH]1. The molecule has 0 amide bonds. The van der Waals surface area contributed by atoms with Gasteiger partial charge >= 0.3 is 0 Å². The number of imidazole rings is 1. The molecule has 20 heavy (non-hydrogen) atoms. The maximum absolute atomic E-state index is 5.83. The summed E-state index contributed by atoms with van der Waals surface area (Å²) < 4.78 is 0. The summed E-state index contributed by atoms with van der Waals surface area (Å²) in [5.74, 6) is 1.19. The van der Waals surface area contributed by atoms with Gasteiger partial charge in [-0.25, -0.2) is 15.0 Å². The Labute approximate surface area is 116 Å². The van der Waals surface area contributed by atoms with Crippen LogP contribution < -0.4 is 11.1 Å². The van der Waals surface area contributed by atoms with Gasteiger partial charge < -0.3 is 16.0 Å². The summed E-state index contributed by atoms with van der Waals surface area (Å²) in [5, 5.41) is 3.16. The van der Waals surface area contributed by atoms with E-state index < -0.39 is 0 Å². The molecular formula is C14H16N6. The number of hydrogen-bond donors (Lipinski definition) is 3. The largest absolute Gasteiger partial charge is 0.382 e. The van der Waals surface area contributed by atoms with Gasteiger partial charge in [-0.05, 0) is 25.6 Å². The average molecular weight is 268 g/mol. The zero-order valence-corrected chi connectivity index (χ0v) is 11.2. The van der Waals surface area contributed by atoms with Gasteiger partial charge in [0.2, 0.25) is 0 Å². The molecule has 6 nitrogen and oxygen atoms in total. The predicted molar refractivity (Wildman–Crippen MR) is 79.2 cm³/mol. The van der Waals surface area contributed by atoms with Gasteiger partial charge in [0.1, 0.15) is 17.7 Å². The van der Waals surface area contributed by atoms with Crippen LogP contribution in [-0.4, -0.2) is 33.5 Å². The number of fused-ring (bicyclic) bond motifs is 1. The Balaban J connectivity index is 2.08. The van der Waals surface area contributed by atoms with E-state index >= 15 is 0 Å². The highest BCUT2D eigenvalue weighted by Crippen LogP contribution is 2.24. The summed E-state index contributed by atoms with van der Waals surface area (Å²) >= 11 is 0. The topological polar surface area (TPSA) is 92.5 Å². The Hall–Kier alpha value is -2.47. The van der Waals surface area contributed by atoms with E-state index in [-0.39, 0.29) is 0 Å². The number of H-pyrrole nitrogens is 1. The molecule has 0 saturated carbocycles. The van der Waals surface area contributed by atoms with E-state index in [9.17, 15) is 0 Å². The number of aromatic nitrogens is 4. The molecule has 0 fully saturated rings. The molecule has 0 unspecified atom stereocenters. The maximum atomic E-state index is 5.83. The number of benzene rings is 1. The van der Waals surface area contributed by atoms with Crippen molar-refractivity contribution in [2.75, 3.05) is 19.3 Å². The van der Waals surface area contributed by atoms with Gasteiger partial charge in [-0.2, -0.15) is 0 Å². The van der Waals surface area contributed by atoms with Crippen molar-refractivity contribution in [2.24, 2.45) is 0 Å². The van der Waals surface area contributed by atoms with Crippen molar-refractivity contribution in [2.45, 2.75) is 6.42 Å². The number of anilines is 1. The second kappa shape index (κ2) is 5.26. The van der Waals surface area contributed by atoms with Crippen molar-refractivity contribution >= 4 is 17.0 Å². The van der Waals surface area contributed by atoms with Gasteiger partial charge in [-0.15, -0.1) is 0 Å². The summed E-state index contributed by atoms with van der Waals surface area (Å²) in [6.45, 7) is 0.916. The van der Waals surface area contributed by atoms with E-state index in [0.29, 0.717) is 17.0 Å². The van der Waals surface area contributed by atoms with Crippen LogP contribution in [0, 0.1) is 0 Å². The van der Waals surface area contributed by atoms with Crippen LogP contribution in [0.4, 0.5) is 5.82 Å². The lowest BCUT2D eigenvalue weighted by Crippen LogP contribution is -2.10. The molecule has 3 rings (SSSR count). The number of nitrogens with one attached hydrogen (secondary N) is 2. The van der Waals surface area contributed by atoms with E-state index in [2.05, 4.69) is 31.3 Å². The third-order valence-electron chi connectivity index (χ3n) is 3.23. The summed E-state index contributed by atoms with van der Waals surface area (Å²) in [6.07, 6.45) is 2.36. The normalized spacial score (nSPS) is 11.1. The molecule has 2 heterocycles. The van der Waals surface area contributed by atoms with E-state index in [4.69, 9.17) is 5.73 Å². The van der Waals surface area contributed by atoms with Gasteiger partial charge in [0.15, 0.2) is 11.5 Å². The van der Waals surface area contributed by atoms with E-state index in [1.807, 2.05) is 25.2 Å². The van der Waals surface area contributed by atoms with Gasteiger partial charge in [-0.3, -0.25) is 0 Å². The van der Waals surface area contributed by atoms with Crippen molar-refractivity contribution in [3.8, 4) is 11.4 Å². The Morgan fingerprint density at radius 3 is 2.90 bits per heavy atom. The van der Waals surface area contributed by atoms with Crippen molar-refractivity contribution < 1.29 is 0 Å². The summed E-state index contributed by atoms with van der Waals surface area (Å²) in [6, 6.07) is 8.19. The number of rotatable bonds is 4. The first-order valence-corrected chi connectivity index (χ1v) is 6.48. The lowest BCUT2D eigenvalue weighted by atomic mass is 10.0. The molecule has 0 aliphatic carbocycles. The fourth-order valence-corrected chi connectivity index (χ4v) is 2.20. The Morgan fingerprint density at radius 2 is 2.10 bits per heavy atom. The molecule has 0 aliphatic heterocycles. The predicted octanol–water partition coefficient (Wildman–Crippen LogP) is 1.36. The molecule has 0 aliphatic rings. The first-order valence-electron chi connectivity index (χ1n) is 6.48. The zero-order valence-electron chi connectivity index (χ0n) is 11.2. The van der Waals surface area contributed by atoms with Crippen LogP contribution in [0.5, 0.6) is 0 Å². The fourth-order valence-electron chi connectivity index (χ4n) is 2.20. The lowest BCUT2D eigenvalue weighted by Gasteiger charge is -2.06. The molecule has 2 aromatic heterocycles. The molecule has 3 aromatic rings. The Kier molecular flexibility index (Phi) is 3.30. The highest BCUT2D eigenvalue weighted by molar-refractivity contribution is 5.84. The second-order valence-corrected chi connectivity index (χ2v) is 4.55. The van der Waals surface area contributed by atoms with Crippen molar-refractivity contribution in [3.05, 3.63) is 36.2 Å². The monoisotopic (exact) mass is 268 g/mol. The highest BCUT2D eigenvalue weighted by atomic mass is 15.0. The van der Waals surface area contributed by atoms with E-state index in [1.165, 1.54) is 11.9 Å². The number of nitrogens with zero attached hydrogens (tertiary/aromatic N) is 3. The van der Waals surface area contributed by atoms with Crippen LogP contribution in [0.2, 0.25) is 0 Å². The molecule has 0 saturated heterocycles. The van der Waals surface area contributed by atoms with Crippen LogP contribution in [0.25, 0.3) is 22.6 Å². The first-order chi connectivity index (χ1) is 9.79. The third kappa shape index (κ3) is 2.21. The second-order valence-electron chi connectivity index (χ2n) is 4.55. The van der Waals surface area contributed by atoms with Crippen LogP contribution in [0.1, 0.15) is 5.56 Å². The number of likely N-dealkylation sites (N-methyl/N-ethyl adjacent to an activating group) is 1. The Morgan fingerprint density at radius 1 is 1.25 bits per heavy atom. The first kappa shape index (κ1) is 12.6. The number of nitrogen functional groups attached to an aromatic ring is 1. The van der Waals surface area contributed by atoms with Crippen LogP contribution in [-0.2, 0) is 6.42 Å². The number of hydrogen-bond acceptors (Lipinski definition) is 5. The summed E-state index contributed by atoms with van der Waals surface area (Å²) in [7, 11) is 1.94. The number of nitrogens with two attached hydrogens (primary N) is 1. The van der Waals surface area contributed by atoms with Crippen LogP contribution in [0.3, 0.4) is 0 Å². The fraction of sp³-hybridized carbons (Fsp3) is 0.214. The van der Waals surface area contributed by atoms with Gasteiger partial charge in [0, 0.05) is 5.56 Å². The van der Waals surface area contributed by atoms with Crippen LogP contribution in [0.15, 0.2) is 30.6 Å². The summed E-state index contributed by atoms with van der Waals surface area (Å²) in [4.78, 5) is 15.8. The minimum atomic E-state index is 0.418. The molecule has 102 valence electrons. The van der Waals surface area contributed by atoms with Gasteiger partial charge in [0.05, 0.1) is 0 Å². The number of aromatic amines is 1. The highest BCUT2D eigenvalue weighted by Gasteiger charge is 2.11. The van der Waals surface area contributed by atoms with Crippen molar-refractivity contribution in [3.63, 3.8) is 0 Å². The standard InChI is InChI=1S/C14H16N6/c1-16-7-6-9-4-2-3-5-10(9)13-19-11-12(15)17-8-18-14(11)20-13/h2-5,8,16H,6-7H2,1H3,(H3,15,17,18,19,20). The molecule has 0 spiro atoms. The third-order valence-corrected chi connectivity index (χ3v) is 3.23. The van der Waals surface area contributed by atoms with Crippen molar-refractivity contribution in [1.29, 1.82) is 0 Å². The minimum Gasteiger partial charge on any atom is -0.382 e. The zero-order chi connectivity index (χ0) is 13.9. The molecule has 0 radical (unpaired) electrons. The van der Waals surface area contributed by atoms with Gasteiger partial charge in [-0.1, -0.05) is 24.3 Å². The molecule has 1 aromatic carbocycles. The van der Waals surface area contributed by atoms with E-state index in [1.54, 1.807) is 0 Å². The van der Waals surface area contributed by atoms with Gasteiger partial charge in [0.25, 0.3) is 0 Å². The lowest BCUT2D eigenvalue weighted by molar-refractivity contribution is 0.792.